The van der Waals surface area contributed by atoms with E-state index in [1.165, 1.54) is 6.42 Å². The van der Waals surface area contributed by atoms with Crippen molar-refractivity contribution >= 4 is 5.78 Å². The molecule has 0 heterocycles. The maximum Gasteiger partial charge on any atom is 0.141 e. The van der Waals surface area contributed by atoms with Crippen LogP contribution in [0, 0.1) is 11.3 Å². The topological polar surface area (TPSA) is 26.3 Å². The number of hydrogen-bond acceptors (Lipinski definition) is 2. The van der Waals surface area contributed by atoms with Crippen LogP contribution in [0.25, 0.3) is 0 Å². The van der Waals surface area contributed by atoms with Gasteiger partial charge in [-0.2, -0.15) is 0 Å². The molecule has 0 aliphatic heterocycles. The van der Waals surface area contributed by atoms with Gasteiger partial charge in [0.15, 0.2) is 0 Å². The van der Waals surface area contributed by atoms with Gasteiger partial charge in [0.2, 0.25) is 0 Å². The molecule has 2 fully saturated rings. The Hall–Kier alpha value is -0.370. The van der Waals surface area contributed by atoms with Gasteiger partial charge in [-0.3, -0.25) is 4.79 Å². The van der Waals surface area contributed by atoms with Gasteiger partial charge in [-0.05, 0) is 25.2 Å². The van der Waals surface area contributed by atoms with Gasteiger partial charge in [0.05, 0.1) is 12.0 Å². The SMILES string of the molecule is COC[C@@]12CC[C@@H](CC1=O)C2. The molecule has 0 spiro atoms. The van der Waals surface area contributed by atoms with Crippen LogP contribution in [0.1, 0.15) is 25.7 Å². The zero-order valence-electron chi connectivity index (χ0n) is 6.93. The predicted octanol–water partition coefficient (Wildman–Crippen LogP) is 1.39. The van der Waals surface area contributed by atoms with Crippen LogP contribution in [0.5, 0.6) is 0 Å². The van der Waals surface area contributed by atoms with Gasteiger partial charge >= 0.3 is 0 Å². The second kappa shape index (κ2) is 2.31. The third kappa shape index (κ3) is 0.924. The average Bonchev–Trinajstić information content (AvgIpc) is 2.45. The number of carbonyl (C=O) groups excluding carboxylic acids is 1. The van der Waals surface area contributed by atoms with Gasteiger partial charge in [-0.25, -0.2) is 0 Å². The summed E-state index contributed by atoms with van der Waals surface area (Å²) in [7, 11) is 1.69. The summed E-state index contributed by atoms with van der Waals surface area (Å²) >= 11 is 0. The molecule has 2 bridgehead atoms. The fraction of sp³-hybridized carbons (Fsp3) is 0.889. The van der Waals surface area contributed by atoms with Crippen LogP contribution in [0.15, 0.2) is 0 Å². The Morgan fingerprint density at radius 1 is 1.73 bits per heavy atom. The number of rotatable bonds is 2. The zero-order chi connectivity index (χ0) is 7.90. The fourth-order valence-corrected chi connectivity index (χ4v) is 2.63. The summed E-state index contributed by atoms with van der Waals surface area (Å²) in [6, 6.07) is 0. The summed E-state index contributed by atoms with van der Waals surface area (Å²) in [4.78, 5) is 11.5. The Kier molecular flexibility index (Phi) is 1.53. The fourth-order valence-electron chi connectivity index (χ4n) is 2.63. The molecule has 0 radical (unpaired) electrons. The van der Waals surface area contributed by atoms with Crippen LogP contribution >= 0.6 is 0 Å². The summed E-state index contributed by atoms with van der Waals surface area (Å²) in [5.74, 6) is 1.15. The van der Waals surface area contributed by atoms with E-state index in [1.54, 1.807) is 7.11 Å². The lowest BCUT2D eigenvalue weighted by Gasteiger charge is -2.23. The molecule has 2 aliphatic rings. The largest absolute Gasteiger partial charge is 0.384 e. The maximum atomic E-state index is 11.5. The second-order valence-corrected chi connectivity index (χ2v) is 3.95. The second-order valence-electron chi connectivity index (χ2n) is 3.95. The van der Waals surface area contributed by atoms with Crippen LogP contribution < -0.4 is 0 Å². The Morgan fingerprint density at radius 3 is 3.00 bits per heavy atom. The highest BCUT2D eigenvalue weighted by Gasteiger charge is 2.51. The Labute approximate surface area is 66.9 Å². The summed E-state index contributed by atoms with van der Waals surface area (Å²) in [6.45, 7) is 0.655. The average molecular weight is 154 g/mol. The summed E-state index contributed by atoms with van der Waals surface area (Å²) in [5, 5.41) is 0. The van der Waals surface area contributed by atoms with Crippen molar-refractivity contribution in [2.45, 2.75) is 25.7 Å². The highest BCUT2D eigenvalue weighted by Crippen LogP contribution is 2.51. The number of hydrogen-bond donors (Lipinski definition) is 0. The molecule has 2 saturated carbocycles. The van der Waals surface area contributed by atoms with Crippen LogP contribution in [-0.4, -0.2) is 19.5 Å². The van der Waals surface area contributed by atoms with Crippen molar-refractivity contribution in [1.29, 1.82) is 0 Å². The van der Waals surface area contributed by atoms with E-state index in [1.807, 2.05) is 0 Å². The highest BCUT2D eigenvalue weighted by molar-refractivity contribution is 5.88. The summed E-state index contributed by atoms with van der Waals surface area (Å²) in [5.41, 5.74) is -0.0422. The molecular formula is C9H14O2. The summed E-state index contributed by atoms with van der Waals surface area (Å²) in [6.07, 6.45) is 4.24. The van der Waals surface area contributed by atoms with Crippen molar-refractivity contribution in [2.75, 3.05) is 13.7 Å². The Bertz CT molecular complexity index is 188. The van der Waals surface area contributed by atoms with Gasteiger partial charge in [-0.1, -0.05) is 0 Å². The first kappa shape index (κ1) is 7.29. The van der Waals surface area contributed by atoms with Crippen molar-refractivity contribution in [3.63, 3.8) is 0 Å². The van der Waals surface area contributed by atoms with E-state index >= 15 is 0 Å². The quantitative estimate of drug-likeness (QED) is 0.600. The van der Waals surface area contributed by atoms with E-state index in [0.29, 0.717) is 18.3 Å². The number of Topliss-reactive ketones (excluding diaryl/α,β-unsaturated/α-hetero) is 1. The van der Waals surface area contributed by atoms with E-state index < -0.39 is 0 Å². The third-order valence-corrected chi connectivity index (χ3v) is 3.20. The molecule has 0 N–H and O–H groups in total. The standard InChI is InChI=1S/C9H14O2/c1-11-6-9-3-2-7(5-9)4-8(9)10/h7H,2-6H2,1H3/t7-,9-/m0/s1. The molecule has 2 heteroatoms. The predicted molar refractivity (Wildman–Crippen MR) is 41.3 cm³/mol. The lowest BCUT2D eigenvalue weighted by atomic mass is 9.84. The molecule has 0 aromatic heterocycles. The van der Waals surface area contributed by atoms with E-state index in [4.69, 9.17) is 4.74 Å². The van der Waals surface area contributed by atoms with Crippen molar-refractivity contribution in [2.24, 2.45) is 11.3 Å². The zero-order valence-corrected chi connectivity index (χ0v) is 6.93. The van der Waals surface area contributed by atoms with Crippen LogP contribution in [0.4, 0.5) is 0 Å². The normalized spacial score (nSPS) is 41.9. The van der Waals surface area contributed by atoms with Gasteiger partial charge in [-0.15, -0.1) is 0 Å². The van der Waals surface area contributed by atoms with Crippen molar-refractivity contribution in [3.8, 4) is 0 Å². The van der Waals surface area contributed by atoms with E-state index in [0.717, 1.165) is 19.3 Å². The van der Waals surface area contributed by atoms with Crippen LogP contribution in [-0.2, 0) is 9.53 Å². The monoisotopic (exact) mass is 154 g/mol. The lowest BCUT2D eigenvalue weighted by molar-refractivity contribution is -0.129. The lowest BCUT2D eigenvalue weighted by Crippen LogP contribution is -2.29. The molecule has 2 aliphatic carbocycles. The molecule has 0 amide bonds. The van der Waals surface area contributed by atoms with Crippen molar-refractivity contribution in [1.82, 2.24) is 0 Å². The number of fused-ring (bicyclic) bond motifs is 2. The van der Waals surface area contributed by atoms with Crippen LogP contribution in [0.3, 0.4) is 0 Å². The third-order valence-electron chi connectivity index (χ3n) is 3.20. The van der Waals surface area contributed by atoms with E-state index in [2.05, 4.69) is 0 Å². The van der Waals surface area contributed by atoms with Crippen LogP contribution in [0.2, 0.25) is 0 Å². The van der Waals surface area contributed by atoms with E-state index in [-0.39, 0.29) is 5.41 Å². The maximum absolute atomic E-state index is 11.5. The Morgan fingerprint density at radius 2 is 2.55 bits per heavy atom. The van der Waals surface area contributed by atoms with Gasteiger partial charge < -0.3 is 4.74 Å². The minimum absolute atomic E-state index is 0.0422. The molecule has 0 saturated heterocycles. The molecule has 0 unspecified atom stereocenters. The van der Waals surface area contributed by atoms with Gasteiger partial charge in [0.25, 0.3) is 0 Å². The van der Waals surface area contributed by atoms with Crippen molar-refractivity contribution in [3.05, 3.63) is 0 Å². The minimum Gasteiger partial charge on any atom is -0.384 e. The Balaban J connectivity index is 2.16. The van der Waals surface area contributed by atoms with E-state index in [9.17, 15) is 4.79 Å². The van der Waals surface area contributed by atoms with Crippen molar-refractivity contribution < 1.29 is 9.53 Å². The molecule has 2 nitrogen and oxygen atoms in total. The number of carbonyl (C=O) groups is 1. The molecule has 2 atom stereocenters. The van der Waals surface area contributed by atoms with Gasteiger partial charge in [0.1, 0.15) is 5.78 Å². The first-order valence-electron chi connectivity index (χ1n) is 4.29. The first-order chi connectivity index (χ1) is 5.27. The first-order valence-corrected chi connectivity index (χ1v) is 4.29. The molecule has 2 rings (SSSR count). The number of ketones is 1. The smallest absolute Gasteiger partial charge is 0.141 e. The molecule has 11 heavy (non-hydrogen) atoms. The van der Waals surface area contributed by atoms with Gasteiger partial charge in [0, 0.05) is 13.5 Å². The minimum atomic E-state index is -0.0422. The summed E-state index contributed by atoms with van der Waals surface area (Å²) < 4.78 is 5.10. The highest BCUT2D eigenvalue weighted by atomic mass is 16.5. The molecule has 0 aromatic rings. The number of methoxy groups -OCH3 is 1. The number of ether oxygens (including phenoxy) is 1. The molecule has 62 valence electrons. The molecule has 0 aromatic carbocycles. The molecular weight excluding hydrogens is 140 g/mol.